The van der Waals surface area contributed by atoms with Gasteiger partial charge >= 0.3 is 0 Å². The molecule has 1 N–H and O–H groups in total. The van der Waals surface area contributed by atoms with Crippen molar-refractivity contribution in [3.63, 3.8) is 0 Å². The number of rotatable bonds is 4. The molecule has 0 radical (unpaired) electrons. The summed E-state index contributed by atoms with van der Waals surface area (Å²) in [6.45, 7) is 0.526. The molecule has 0 aliphatic heterocycles. The van der Waals surface area contributed by atoms with Crippen molar-refractivity contribution < 1.29 is 9.18 Å². The standard InChI is InChI=1S/C15H13ClFNO/c16-13-5-1-11(2-6-13)9-10-18-15(19)12-3-7-14(17)8-4-12/h1-8H,9-10H2,(H,18,19). The normalized spacial score (nSPS) is 10.2. The van der Waals surface area contributed by atoms with E-state index in [2.05, 4.69) is 5.32 Å². The molecule has 2 rings (SSSR count). The average molecular weight is 278 g/mol. The van der Waals surface area contributed by atoms with E-state index in [4.69, 9.17) is 11.6 Å². The van der Waals surface area contributed by atoms with Crippen LogP contribution in [-0.4, -0.2) is 12.5 Å². The molecule has 0 aromatic heterocycles. The number of hydrogen-bond acceptors (Lipinski definition) is 1. The molecule has 2 nitrogen and oxygen atoms in total. The number of carbonyl (C=O) groups excluding carboxylic acids is 1. The summed E-state index contributed by atoms with van der Waals surface area (Å²) in [7, 11) is 0. The van der Waals surface area contributed by atoms with Crippen molar-refractivity contribution in [2.24, 2.45) is 0 Å². The van der Waals surface area contributed by atoms with Crippen molar-refractivity contribution >= 4 is 17.5 Å². The van der Waals surface area contributed by atoms with Gasteiger partial charge in [-0.15, -0.1) is 0 Å². The molecule has 0 saturated carbocycles. The fourth-order valence-electron chi connectivity index (χ4n) is 1.67. The molecular formula is C15H13ClFNO. The maximum Gasteiger partial charge on any atom is 0.251 e. The Balaban J connectivity index is 1.84. The molecule has 0 atom stereocenters. The minimum atomic E-state index is -0.349. The van der Waals surface area contributed by atoms with E-state index in [1.54, 1.807) is 0 Å². The lowest BCUT2D eigenvalue weighted by molar-refractivity contribution is 0.0954. The Kier molecular flexibility index (Phi) is 4.53. The molecule has 0 spiro atoms. The summed E-state index contributed by atoms with van der Waals surface area (Å²) in [6, 6.07) is 13.0. The van der Waals surface area contributed by atoms with Gasteiger partial charge in [-0.3, -0.25) is 4.79 Å². The maximum atomic E-state index is 12.7. The predicted octanol–water partition coefficient (Wildman–Crippen LogP) is 3.45. The summed E-state index contributed by atoms with van der Waals surface area (Å²) >= 11 is 5.79. The molecule has 98 valence electrons. The molecule has 2 aromatic carbocycles. The lowest BCUT2D eigenvalue weighted by Gasteiger charge is -2.05. The second-order valence-corrected chi connectivity index (χ2v) is 4.58. The molecule has 4 heteroatoms. The number of amides is 1. The SMILES string of the molecule is O=C(NCCc1ccc(Cl)cc1)c1ccc(F)cc1. The van der Waals surface area contributed by atoms with Crippen molar-refractivity contribution in [2.45, 2.75) is 6.42 Å². The third-order valence-electron chi connectivity index (χ3n) is 2.72. The second kappa shape index (κ2) is 6.34. The molecule has 0 bridgehead atoms. The first kappa shape index (κ1) is 13.6. The third kappa shape index (κ3) is 4.07. The highest BCUT2D eigenvalue weighted by atomic mass is 35.5. The number of carbonyl (C=O) groups is 1. The van der Waals surface area contributed by atoms with Crippen molar-refractivity contribution in [2.75, 3.05) is 6.54 Å². The first-order valence-corrected chi connectivity index (χ1v) is 6.31. The van der Waals surface area contributed by atoms with E-state index >= 15 is 0 Å². The largest absolute Gasteiger partial charge is 0.352 e. The van der Waals surface area contributed by atoms with Crippen molar-refractivity contribution in [1.29, 1.82) is 0 Å². The summed E-state index contributed by atoms with van der Waals surface area (Å²) in [6.07, 6.45) is 0.726. The Morgan fingerprint density at radius 3 is 2.32 bits per heavy atom. The molecule has 0 aliphatic carbocycles. The summed E-state index contributed by atoms with van der Waals surface area (Å²) in [5.41, 5.74) is 1.56. The smallest absolute Gasteiger partial charge is 0.251 e. The van der Waals surface area contributed by atoms with Crippen molar-refractivity contribution in [3.05, 3.63) is 70.5 Å². The molecule has 19 heavy (non-hydrogen) atoms. The van der Waals surface area contributed by atoms with E-state index in [0.29, 0.717) is 17.1 Å². The van der Waals surface area contributed by atoms with Gasteiger partial charge in [0.05, 0.1) is 0 Å². The third-order valence-corrected chi connectivity index (χ3v) is 2.97. The Morgan fingerprint density at radius 2 is 1.68 bits per heavy atom. The zero-order valence-electron chi connectivity index (χ0n) is 10.2. The monoisotopic (exact) mass is 277 g/mol. The molecule has 2 aromatic rings. The van der Waals surface area contributed by atoms with E-state index in [-0.39, 0.29) is 11.7 Å². The van der Waals surface area contributed by atoms with Gasteiger partial charge in [-0.2, -0.15) is 0 Å². The van der Waals surface area contributed by atoms with Gasteiger partial charge in [0, 0.05) is 17.1 Å². The second-order valence-electron chi connectivity index (χ2n) is 4.14. The van der Waals surface area contributed by atoms with Crippen LogP contribution in [0.1, 0.15) is 15.9 Å². The van der Waals surface area contributed by atoms with Crippen LogP contribution in [0.2, 0.25) is 5.02 Å². The van der Waals surface area contributed by atoms with Gasteiger partial charge in [-0.25, -0.2) is 4.39 Å². The van der Waals surface area contributed by atoms with Crippen LogP contribution in [0.3, 0.4) is 0 Å². The first-order chi connectivity index (χ1) is 9.15. The van der Waals surface area contributed by atoms with Crippen LogP contribution < -0.4 is 5.32 Å². The Labute approximate surface area is 116 Å². The average Bonchev–Trinajstić information content (AvgIpc) is 2.41. The fourth-order valence-corrected chi connectivity index (χ4v) is 1.80. The van der Waals surface area contributed by atoms with Gasteiger partial charge in [-0.05, 0) is 48.4 Å². The number of halogens is 2. The molecule has 0 aliphatic rings. The van der Waals surface area contributed by atoms with Crippen LogP contribution in [0.5, 0.6) is 0 Å². The minimum Gasteiger partial charge on any atom is -0.352 e. The summed E-state index contributed by atoms with van der Waals surface area (Å²) in [5.74, 6) is -0.549. The highest BCUT2D eigenvalue weighted by molar-refractivity contribution is 6.30. The van der Waals surface area contributed by atoms with Gasteiger partial charge in [0.2, 0.25) is 0 Å². The van der Waals surface area contributed by atoms with Crippen molar-refractivity contribution in [3.8, 4) is 0 Å². The minimum absolute atomic E-state index is 0.200. The van der Waals surface area contributed by atoms with Gasteiger partial charge in [-0.1, -0.05) is 23.7 Å². The predicted molar refractivity (Wildman–Crippen MR) is 73.9 cm³/mol. The zero-order chi connectivity index (χ0) is 13.7. The Bertz CT molecular complexity index is 551. The van der Waals surface area contributed by atoms with Crippen LogP contribution in [0.25, 0.3) is 0 Å². The first-order valence-electron chi connectivity index (χ1n) is 5.93. The number of hydrogen-bond donors (Lipinski definition) is 1. The fraction of sp³-hybridized carbons (Fsp3) is 0.133. The maximum absolute atomic E-state index is 12.7. The molecule has 0 heterocycles. The molecule has 0 unspecified atom stereocenters. The van der Waals surface area contributed by atoms with Crippen LogP contribution >= 0.6 is 11.6 Å². The van der Waals surface area contributed by atoms with E-state index in [9.17, 15) is 9.18 Å². The molecule has 0 saturated heterocycles. The summed E-state index contributed by atoms with van der Waals surface area (Å²) in [5, 5.41) is 3.48. The van der Waals surface area contributed by atoms with E-state index < -0.39 is 0 Å². The Hall–Kier alpha value is -1.87. The molecular weight excluding hydrogens is 265 g/mol. The highest BCUT2D eigenvalue weighted by Gasteiger charge is 2.04. The zero-order valence-corrected chi connectivity index (χ0v) is 11.0. The quantitative estimate of drug-likeness (QED) is 0.911. The lowest BCUT2D eigenvalue weighted by Crippen LogP contribution is -2.25. The van der Waals surface area contributed by atoms with Gasteiger partial charge in [0.15, 0.2) is 0 Å². The van der Waals surface area contributed by atoms with Gasteiger partial charge < -0.3 is 5.32 Å². The van der Waals surface area contributed by atoms with Crippen LogP contribution in [0.4, 0.5) is 4.39 Å². The highest BCUT2D eigenvalue weighted by Crippen LogP contribution is 2.09. The summed E-state index contributed by atoms with van der Waals surface area (Å²) in [4.78, 5) is 11.7. The Morgan fingerprint density at radius 1 is 1.05 bits per heavy atom. The van der Waals surface area contributed by atoms with Crippen molar-refractivity contribution in [1.82, 2.24) is 5.32 Å². The lowest BCUT2D eigenvalue weighted by atomic mass is 10.1. The number of benzene rings is 2. The van der Waals surface area contributed by atoms with Crippen LogP contribution in [0.15, 0.2) is 48.5 Å². The van der Waals surface area contributed by atoms with Crippen LogP contribution in [0, 0.1) is 5.82 Å². The van der Waals surface area contributed by atoms with Gasteiger partial charge in [0.25, 0.3) is 5.91 Å². The van der Waals surface area contributed by atoms with E-state index in [1.165, 1.54) is 24.3 Å². The van der Waals surface area contributed by atoms with E-state index in [0.717, 1.165) is 12.0 Å². The van der Waals surface area contributed by atoms with Crippen LogP contribution in [-0.2, 0) is 6.42 Å². The topological polar surface area (TPSA) is 29.1 Å². The van der Waals surface area contributed by atoms with Gasteiger partial charge in [0.1, 0.15) is 5.82 Å². The number of nitrogens with one attached hydrogen (secondary N) is 1. The molecule has 1 amide bonds. The van der Waals surface area contributed by atoms with E-state index in [1.807, 2.05) is 24.3 Å². The summed E-state index contributed by atoms with van der Waals surface area (Å²) < 4.78 is 12.7. The molecule has 0 fully saturated rings.